The fourth-order valence-corrected chi connectivity index (χ4v) is 0.871. The molecule has 0 heterocycles. The topological polar surface area (TPSA) is 26.3 Å². The summed E-state index contributed by atoms with van der Waals surface area (Å²) >= 11 is 3.77. The van der Waals surface area contributed by atoms with Crippen LogP contribution in [0, 0.1) is 0 Å². The fourth-order valence-electron chi connectivity index (χ4n) is 0.806. The van der Waals surface area contributed by atoms with Crippen LogP contribution in [0.2, 0.25) is 0 Å². The monoisotopic (exact) mass is 194 g/mol. The summed E-state index contributed by atoms with van der Waals surface area (Å²) in [6, 6.07) is 9.45. The quantitative estimate of drug-likeness (QED) is 0.453. The van der Waals surface area contributed by atoms with Gasteiger partial charge in [0.15, 0.2) is 0 Å². The minimum absolute atomic E-state index is 0.121. The third-order valence-corrected chi connectivity index (χ3v) is 1.63. The Hall–Kier alpha value is -1.22. The molecule has 0 aromatic heterocycles. The molecule has 1 rings (SSSR count). The van der Waals surface area contributed by atoms with E-state index in [4.69, 9.17) is 4.74 Å². The number of hydrogen-bond acceptors (Lipinski definition) is 3. The molecule has 0 bridgehead atoms. The molecule has 0 atom stereocenters. The average Bonchev–Trinajstić information content (AvgIpc) is 2.15. The minimum Gasteiger partial charge on any atom is -0.457 e. The number of benzene rings is 1. The molecule has 3 heteroatoms. The first-order chi connectivity index (χ1) is 6.20. The van der Waals surface area contributed by atoms with Crippen molar-refractivity contribution in [3.05, 3.63) is 47.4 Å². The molecule has 1 aromatic carbocycles. The second-order valence-electron chi connectivity index (χ2n) is 2.51. The molecular weight excluding hydrogens is 184 g/mol. The van der Waals surface area contributed by atoms with E-state index in [1.54, 1.807) is 0 Å². The smallest absolute Gasteiger partial charge is 0.344 e. The van der Waals surface area contributed by atoms with Crippen LogP contribution in [0.1, 0.15) is 5.56 Å². The van der Waals surface area contributed by atoms with Crippen molar-refractivity contribution in [1.82, 2.24) is 0 Å². The van der Waals surface area contributed by atoms with Gasteiger partial charge in [0.05, 0.1) is 4.91 Å². The number of esters is 1. The summed E-state index contributed by atoms with van der Waals surface area (Å²) in [7, 11) is 0. The van der Waals surface area contributed by atoms with E-state index in [-0.39, 0.29) is 11.5 Å². The largest absolute Gasteiger partial charge is 0.457 e. The lowest BCUT2D eigenvalue weighted by molar-refractivity contribution is -0.139. The lowest BCUT2D eigenvalue weighted by atomic mass is 10.2. The van der Waals surface area contributed by atoms with Crippen molar-refractivity contribution in [2.24, 2.45) is 0 Å². The van der Waals surface area contributed by atoms with E-state index in [1.807, 2.05) is 30.3 Å². The predicted molar refractivity (Wildman–Crippen MR) is 54.4 cm³/mol. The van der Waals surface area contributed by atoms with Crippen LogP contribution in [0.5, 0.6) is 0 Å². The Kier molecular flexibility index (Phi) is 3.58. The van der Waals surface area contributed by atoms with Crippen molar-refractivity contribution in [3.8, 4) is 0 Å². The summed E-state index contributed by atoms with van der Waals surface area (Å²) in [5.41, 5.74) is 0.949. The Morgan fingerprint density at radius 1 is 1.38 bits per heavy atom. The van der Waals surface area contributed by atoms with Crippen LogP contribution >= 0.6 is 12.6 Å². The summed E-state index contributed by atoms with van der Waals surface area (Å²) < 4.78 is 4.87. The maximum absolute atomic E-state index is 10.9. The summed E-state index contributed by atoms with van der Waals surface area (Å²) in [6.45, 7) is 3.62. The van der Waals surface area contributed by atoms with Crippen molar-refractivity contribution in [3.63, 3.8) is 0 Å². The predicted octanol–water partition coefficient (Wildman–Crippen LogP) is 2.17. The molecule has 68 valence electrons. The van der Waals surface area contributed by atoms with E-state index in [0.717, 1.165) is 5.56 Å². The maximum Gasteiger partial charge on any atom is 0.344 e. The molecule has 0 unspecified atom stereocenters. The molecule has 0 aliphatic carbocycles. The maximum atomic E-state index is 10.9. The van der Waals surface area contributed by atoms with Gasteiger partial charge in [-0.3, -0.25) is 0 Å². The van der Waals surface area contributed by atoms with Gasteiger partial charge in [-0.05, 0) is 5.56 Å². The highest BCUT2D eigenvalue weighted by molar-refractivity contribution is 7.85. The summed E-state index contributed by atoms with van der Waals surface area (Å²) in [4.78, 5) is 11.0. The zero-order valence-corrected chi connectivity index (χ0v) is 7.96. The molecule has 0 fully saturated rings. The lowest BCUT2D eigenvalue weighted by Crippen LogP contribution is -2.03. The van der Waals surface area contributed by atoms with Gasteiger partial charge >= 0.3 is 5.97 Å². The van der Waals surface area contributed by atoms with E-state index in [9.17, 15) is 4.79 Å². The van der Waals surface area contributed by atoms with Crippen molar-refractivity contribution >= 4 is 18.6 Å². The lowest BCUT2D eigenvalue weighted by Gasteiger charge is -2.02. The molecule has 0 aliphatic heterocycles. The van der Waals surface area contributed by atoms with Crippen LogP contribution in [-0.4, -0.2) is 5.97 Å². The van der Waals surface area contributed by atoms with Crippen LogP contribution in [0.3, 0.4) is 0 Å². The highest BCUT2D eigenvalue weighted by atomic mass is 32.1. The van der Waals surface area contributed by atoms with Gasteiger partial charge in [-0.2, -0.15) is 0 Å². The van der Waals surface area contributed by atoms with Gasteiger partial charge in [0.25, 0.3) is 0 Å². The molecule has 13 heavy (non-hydrogen) atoms. The average molecular weight is 194 g/mol. The van der Waals surface area contributed by atoms with E-state index >= 15 is 0 Å². The first-order valence-electron chi connectivity index (χ1n) is 3.79. The molecule has 0 spiro atoms. The van der Waals surface area contributed by atoms with E-state index in [1.165, 1.54) is 0 Å². The van der Waals surface area contributed by atoms with Gasteiger partial charge in [-0.15, -0.1) is 12.6 Å². The number of ether oxygens (including phenoxy) is 1. The third kappa shape index (κ3) is 3.34. The van der Waals surface area contributed by atoms with E-state index in [0.29, 0.717) is 0 Å². The Balaban J connectivity index is 2.44. The molecule has 0 amide bonds. The van der Waals surface area contributed by atoms with Crippen LogP contribution in [0.15, 0.2) is 41.8 Å². The van der Waals surface area contributed by atoms with E-state index < -0.39 is 5.97 Å². The van der Waals surface area contributed by atoms with Crippen molar-refractivity contribution in [1.29, 1.82) is 0 Å². The number of rotatable bonds is 3. The Labute approximate surface area is 82.6 Å². The van der Waals surface area contributed by atoms with Crippen LogP contribution in [0.4, 0.5) is 0 Å². The van der Waals surface area contributed by atoms with Crippen molar-refractivity contribution in [2.75, 3.05) is 0 Å². The number of carbonyl (C=O) groups excluding carboxylic acids is 1. The number of thiol groups is 1. The molecule has 2 nitrogen and oxygen atoms in total. The van der Waals surface area contributed by atoms with Crippen LogP contribution < -0.4 is 0 Å². The summed E-state index contributed by atoms with van der Waals surface area (Å²) in [5, 5.41) is 0. The van der Waals surface area contributed by atoms with Gasteiger partial charge in [0, 0.05) is 0 Å². The van der Waals surface area contributed by atoms with Gasteiger partial charge in [-0.1, -0.05) is 36.9 Å². The van der Waals surface area contributed by atoms with Crippen LogP contribution in [-0.2, 0) is 16.1 Å². The Morgan fingerprint density at radius 3 is 2.54 bits per heavy atom. The van der Waals surface area contributed by atoms with Crippen molar-refractivity contribution < 1.29 is 9.53 Å². The molecule has 0 saturated heterocycles. The molecular formula is C10H10O2S. The first-order valence-corrected chi connectivity index (χ1v) is 4.24. The molecule has 0 N–H and O–H groups in total. The standard InChI is InChI=1S/C10H10O2S/c1-8(13)10(11)12-7-9-5-3-2-4-6-9/h2-6,13H,1,7H2. The van der Waals surface area contributed by atoms with Crippen LogP contribution in [0.25, 0.3) is 0 Å². The normalized spacial score (nSPS) is 9.31. The van der Waals surface area contributed by atoms with Gasteiger partial charge in [0.1, 0.15) is 6.61 Å². The van der Waals surface area contributed by atoms with Gasteiger partial charge in [0.2, 0.25) is 0 Å². The summed E-state index contributed by atoms with van der Waals surface area (Å²) in [5.74, 6) is -0.479. The highest BCUT2D eigenvalue weighted by Gasteiger charge is 2.03. The van der Waals surface area contributed by atoms with Gasteiger partial charge in [-0.25, -0.2) is 4.79 Å². The van der Waals surface area contributed by atoms with E-state index in [2.05, 4.69) is 19.2 Å². The third-order valence-electron chi connectivity index (χ3n) is 1.45. The Bertz CT molecular complexity index is 306. The van der Waals surface area contributed by atoms with Crippen molar-refractivity contribution in [2.45, 2.75) is 6.61 Å². The molecule has 0 saturated carbocycles. The second kappa shape index (κ2) is 4.72. The number of carbonyl (C=O) groups is 1. The van der Waals surface area contributed by atoms with Gasteiger partial charge < -0.3 is 4.74 Å². The Morgan fingerprint density at radius 2 is 2.00 bits per heavy atom. The zero-order valence-electron chi connectivity index (χ0n) is 7.06. The minimum atomic E-state index is -0.479. The number of hydrogen-bond donors (Lipinski definition) is 1. The fraction of sp³-hybridized carbons (Fsp3) is 0.100. The second-order valence-corrected chi connectivity index (χ2v) is 3.05. The molecule has 0 radical (unpaired) electrons. The SMILES string of the molecule is C=C(S)C(=O)OCc1ccccc1. The summed E-state index contributed by atoms with van der Waals surface area (Å²) in [6.07, 6.45) is 0. The molecule has 0 aliphatic rings. The molecule has 1 aromatic rings. The highest BCUT2D eigenvalue weighted by Crippen LogP contribution is 2.04. The zero-order chi connectivity index (χ0) is 9.68. The first kappa shape index (κ1) is 9.86.